The van der Waals surface area contributed by atoms with Crippen LogP contribution in [-0.2, 0) is 4.79 Å². The lowest BCUT2D eigenvalue weighted by Gasteiger charge is -2.08. The molecule has 0 aromatic heterocycles. The minimum atomic E-state index is 0.00105. The first kappa shape index (κ1) is 15.4. The van der Waals surface area contributed by atoms with Gasteiger partial charge in [0.25, 0.3) is 0 Å². The van der Waals surface area contributed by atoms with Gasteiger partial charge in [-0.3, -0.25) is 9.59 Å². The number of Topliss-reactive ketones (excluding diaryl/α,β-unsaturated/α-hetero) is 1. The Kier molecular flexibility index (Phi) is 6.22. The normalized spacial score (nSPS) is 10.5. The molecule has 0 saturated carbocycles. The highest BCUT2D eigenvalue weighted by molar-refractivity contribution is 5.95. The molecule has 0 aliphatic carbocycles. The zero-order valence-corrected chi connectivity index (χ0v) is 11.8. The van der Waals surface area contributed by atoms with Gasteiger partial charge in [-0.05, 0) is 44.2 Å². The number of amides is 1. The Hall–Kier alpha value is -1.68. The largest absolute Gasteiger partial charge is 0.326 e. The maximum absolute atomic E-state index is 11.7. The molecule has 0 aliphatic heterocycles. The number of carbonyl (C=O) groups excluding carboxylic acids is 2. The molecule has 0 unspecified atom stereocenters. The van der Waals surface area contributed by atoms with Crippen LogP contribution in [0, 0.1) is 0 Å². The first-order chi connectivity index (χ1) is 8.99. The van der Waals surface area contributed by atoms with Crippen LogP contribution in [0.25, 0.3) is 0 Å². The van der Waals surface area contributed by atoms with Gasteiger partial charge in [-0.15, -0.1) is 0 Å². The molecule has 2 N–H and O–H groups in total. The molecule has 1 amide bonds. The van der Waals surface area contributed by atoms with Crippen molar-refractivity contribution in [2.75, 3.05) is 11.9 Å². The highest BCUT2D eigenvalue weighted by Crippen LogP contribution is 2.10. The zero-order valence-electron chi connectivity index (χ0n) is 11.8. The van der Waals surface area contributed by atoms with Crippen molar-refractivity contribution in [3.8, 4) is 0 Å². The predicted octanol–water partition coefficient (Wildman–Crippen LogP) is 2.61. The number of hydrogen-bond acceptors (Lipinski definition) is 3. The highest BCUT2D eigenvalue weighted by atomic mass is 16.1. The van der Waals surface area contributed by atoms with E-state index in [9.17, 15) is 9.59 Å². The second-order valence-corrected chi connectivity index (χ2v) is 4.89. The van der Waals surface area contributed by atoms with Gasteiger partial charge in [-0.25, -0.2) is 0 Å². The van der Waals surface area contributed by atoms with Gasteiger partial charge in [0.1, 0.15) is 0 Å². The molecule has 0 fully saturated rings. The molecule has 0 saturated heterocycles. The first-order valence-electron chi connectivity index (χ1n) is 6.63. The zero-order chi connectivity index (χ0) is 14.3. The molecule has 0 heterocycles. The molecule has 0 bridgehead atoms. The monoisotopic (exact) mass is 262 g/mol. The van der Waals surface area contributed by atoms with E-state index < -0.39 is 0 Å². The quantitative estimate of drug-likeness (QED) is 0.586. The second-order valence-electron chi connectivity index (χ2n) is 4.89. The summed E-state index contributed by atoms with van der Waals surface area (Å²) in [7, 11) is 0. The number of nitrogens with one attached hydrogen (secondary N) is 2. The van der Waals surface area contributed by atoms with Crippen LogP contribution >= 0.6 is 0 Å². The van der Waals surface area contributed by atoms with Crippen molar-refractivity contribution >= 4 is 17.4 Å². The van der Waals surface area contributed by atoms with Gasteiger partial charge in [0.15, 0.2) is 5.78 Å². The van der Waals surface area contributed by atoms with Gasteiger partial charge in [-0.2, -0.15) is 0 Å². The summed E-state index contributed by atoms with van der Waals surface area (Å²) in [6, 6.07) is 7.39. The molecule has 0 aliphatic rings. The van der Waals surface area contributed by atoms with Crippen molar-refractivity contribution in [3.63, 3.8) is 0 Å². The van der Waals surface area contributed by atoms with E-state index in [0.717, 1.165) is 18.7 Å². The van der Waals surface area contributed by atoms with Crippen LogP contribution in [0.4, 0.5) is 5.69 Å². The van der Waals surface area contributed by atoms with Crippen LogP contribution in [-0.4, -0.2) is 24.3 Å². The SMILES string of the molecule is CC(=O)c1ccc(NC(=O)CCCNC(C)C)cc1. The van der Waals surface area contributed by atoms with Crippen molar-refractivity contribution in [1.82, 2.24) is 5.32 Å². The summed E-state index contributed by atoms with van der Waals surface area (Å²) < 4.78 is 0. The Bertz CT molecular complexity index is 424. The summed E-state index contributed by atoms with van der Waals surface area (Å²) in [6.07, 6.45) is 1.31. The van der Waals surface area contributed by atoms with Gasteiger partial charge in [0, 0.05) is 23.7 Å². The average molecular weight is 262 g/mol. The molecule has 4 heteroatoms. The fourth-order valence-corrected chi connectivity index (χ4v) is 1.65. The Balaban J connectivity index is 2.34. The van der Waals surface area contributed by atoms with Crippen molar-refractivity contribution in [2.24, 2.45) is 0 Å². The minimum absolute atomic E-state index is 0.00105. The maximum atomic E-state index is 11.7. The van der Waals surface area contributed by atoms with E-state index in [0.29, 0.717) is 18.0 Å². The van der Waals surface area contributed by atoms with Crippen LogP contribution in [0.15, 0.2) is 24.3 Å². The van der Waals surface area contributed by atoms with Gasteiger partial charge in [0.05, 0.1) is 0 Å². The van der Waals surface area contributed by atoms with Gasteiger partial charge in [0.2, 0.25) is 5.91 Å². The molecular weight excluding hydrogens is 240 g/mol. The number of ketones is 1. The summed E-state index contributed by atoms with van der Waals surface area (Å²) in [6.45, 7) is 6.52. The Morgan fingerprint density at radius 1 is 1.16 bits per heavy atom. The van der Waals surface area contributed by atoms with E-state index in [1.807, 2.05) is 0 Å². The van der Waals surface area contributed by atoms with Crippen LogP contribution in [0.3, 0.4) is 0 Å². The summed E-state index contributed by atoms with van der Waals surface area (Å²) in [5.74, 6) is 0.0266. The number of benzene rings is 1. The molecule has 4 nitrogen and oxygen atoms in total. The predicted molar refractivity (Wildman–Crippen MR) is 77.4 cm³/mol. The number of carbonyl (C=O) groups is 2. The summed E-state index contributed by atoms with van der Waals surface area (Å²) in [5.41, 5.74) is 1.38. The van der Waals surface area contributed by atoms with Crippen LogP contribution in [0.1, 0.15) is 44.0 Å². The van der Waals surface area contributed by atoms with Crippen molar-refractivity contribution in [2.45, 2.75) is 39.7 Å². The van der Waals surface area contributed by atoms with Gasteiger partial charge in [-0.1, -0.05) is 13.8 Å². The molecule has 1 aromatic carbocycles. The van der Waals surface area contributed by atoms with Gasteiger partial charge < -0.3 is 10.6 Å². The molecule has 0 spiro atoms. The molecule has 1 aromatic rings. The topological polar surface area (TPSA) is 58.2 Å². The molecule has 104 valence electrons. The second kappa shape index (κ2) is 7.69. The lowest BCUT2D eigenvalue weighted by molar-refractivity contribution is -0.116. The standard InChI is InChI=1S/C15H22N2O2/c1-11(2)16-10-4-5-15(19)17-14-8-6-13(7-9-14)12(3)18/h6-9,11,16H,4-5,10H2,1-3H3,(H,17,19). The number of rotatable bonds is 7. The number of hydrogen-bond donors (Lipinski definition) is 2. The highest BCUT2D eigenvalue weighted by Gasteiger charge is 2.03. The van der Waals surface area contributed by atoms with E-state index in [1.54, 1.807) is 24.3 Å². The lowest BCUT2D eigenvalue weighted by atomic mass is 10.1. The average Bonchev–Trinajstić information content (AvgIpc) is 2.35. The summed E-state index contributed by atoms with van der Waals surface area (Å²) >= 11 is 0. The summed E-state index contributed by atoms with van der Waals surface area (Å²) in [4.78, 5) is 22.8. The Labute approximate surface area is 114 Å². The van der Waals surface area contributed by atoms with Crippen LogP contribution in [0.2, 0.25) is 0 Å². The minimum Gasteiger partial charge on any atom is -0.326 e. The Morgan fingerprint density at radius 3 is 2.32 bits per heavy atom. The third-order valence-corrected chi connectivity index (χ3v) is 2.71. The third kappa shape index (κ3) is 6.15. The van der Waals surface area contributed by atoms with Crippen LogP contribution in [0.5, 0.6) is 0 Å². The van der Waals surface area contributed by atoms with Crippen molar-refractivity contribution in [3.05, 3.63) is 29.8 Å². The fourth-order valence-electron chi connectivity index (χ4n) is 1.65. The maximum Gasteiger partial charge on any atom is 0.224 e. The van der Waals surface area contributed by atoms with Crippen molar-refractivity contribution < 1.29 is 9.59 Å². The fraction of sp³-hybridized carbons (Fsp3) is 0.467. The van der Waals surface area contributed by atoms with E-state index >= 15 is 0 Å². The molecule has 19 heavy (non-hydrogen) atoms. The molecule has 0 radical (unpaired) electrons. The van der Waals surface area contributed by atoms with E-state index in [2.05, 4.69) is 24.5 Å². The van der Waals surface area contributed by atoms with E-state index in [4.69, 9.17) is 0 Å². The molecular formula is C15H22N2O2. The first-order valence-corrected chi connectivity index (χ1v) is 6.63. The lowest BCUT2D eigenvalue weighted by Crippen LogP contribution is -2.24. The smallest absolute Gasteiger partial charge is 0.224 e. The van der Waals surface area contributed by atoms with E-state index in [1.165, 1.54) is 6.92 Å². The van der Waals surface area contributed by atoms with Crippen LogP contribution < -0.4 is 10.6 Å². The summed E-state index contributed by atoms with van der Waals surface area (Å²) in [5, 5.41) is 6.09. The van der Waals surface area contributed by atoms with E-state index in [-0.39, 0.29) is 11.7 Å². The number of anilines is 1. The third-order valence-electron chi connectivity index (χ3n) is 2.71. The van der Waals surface area contributed by atoms with Gasteiger partial charge >= 0.3 is 0 Å². The molecule has 0 atom stereocenters. The molecule has 1 rings (SSSR count). The van der Waals surface area contributed by atoms with Crippen molar-refractivity contribution in [1.29, 1.82) is 0 Å². The Morgan fingerprint density at radius 2 is 1.79 bits per heavy atom.